The average Bonchev–Trinajstić information content (AvgIpc) is 2.93. The van der Waals surface area contributed by atoms with E-state index in [2.05, 4.69) is 15.0 Å². The molecule has 1 fully saturated rings. The summed E-state index contributed by atoms with van der Waals surface area (Å²) in [5.74, 6) is 1.38. The number of hydrogen-bond acceptors (Lipinski definition) is 4. The molecule has 0 saturated heterocycles. The molecule has 1 saturated carbocycles. The van der Waals surface area contributed by atoms with Gasteiger partial charge in [0.25, 0.3) is 0 Å². The second-order valence-electron chi connectivity index (χ2n) is 3.58. The largest absolute Gasteiger partial charge is 0.243 e. The van der Waals surface area contributed by atoms with Gasteiger partial charge >= 0.3 is 0 Å². The van der Waals surface area contributed by atoms with Gasteiger partial charge in [-0.05, 0) is 12.8 Å². The van der Waals surface area contributed by atoms with Crippen LogP contribution in [0.2, 0.25) is 5.15 Å². The summed E-state index contributed by atoms with van der Waals surface area (Å²) in [6.07, 6.45) is 2.35. The standard InChI is InChI=1S/C10H8ClN3S/c11-9-3-7(8-4-15-5-12-8)13-10(14-9)6-1-2-6/h3-6H,1-2H2. The van der Waals surface area contributed by atoms with Gasteiger partial charge in [0.1, 0.15) is 11.0 Å². The van der Waals surface area contributed by atoms with Gasteiger partial charge in [-0.3, -0.25) is 0 Å². The van der Waals surface area contributed by atoms with E-state index in [9.17, 15) is 0 Å². The Morgan fingerprint density at radius 3 is 2.80 bits per heavy atom. The van der Waals surface area contributed by atoms with E-state index in [4.69, 9.17) is 11.6 Å². The van der Waals surface area contributed by atoms with Crippen molar-refractivity contribution in [3.63, 3.8) is 0 Å². The Balaban J connectivity index is 2.07. The lowest BCUT2D eigenvalue weighted by Crippen LogP contribution is -1.95. The van der Waals surface area contributed by atoms with Crippen LogP contribution in [0.15, 0.2) is 17.0 Å². The number of aromatic nitrogens is 3. The maximum absolute atomic E-state index is 5.96. The number of halogens is 1. The molecule has 0 atom stereocenters. The molecule has 0 aromatic carbocycles. The molecule has 0 bridgehead atoms. The first-order valence-electron chi connectivity index (χ1n) is 4.76. The summed E-state index contributed by atoms with van der Waals surface area (Å²) in [6, 6.07) is 1.77. The molecule has 0 N–H and O–H groups in total. The van der Waals surface area contributed by atoms with E-state index >= 15 is 0 Å². The van der Waals surface area contributed by atoms with Crippen LogP contribution in [-0.2, 0) is 0 Å². The molecule has 5 heteroatoms. The number of hydrogen-bond donors (Lipinski definition) is 0. The minimum absolute atomic E-state index is 0.509. The van der Waals surface area contributed by atoms with Crippen molar-refractivity contribution in [2.45, 2.75) is 18.8 Å². The third-order valence-electron chi connectivity index (χ3n) is 2.35. The summed E-state index contributed by atoms with van der Waals surface area (Å²) in [5, 5.41) is 2.48. The van der Waals surface area contributed by atoms with Crippen molar-refractivity contribution in [3.05, 3.63) is 27.9 Å². The second-order valence-corrected chi connectivity index (χ2v) is 4.69. The lowest BCUT2D eigenvalue weighted by molar-refractivity contribution is 0.929. The monoisotopic (exact) mass is 237 g/mol. The Bertz CT molecular complexity index is 479. The first-order valence-corrected chi connectivity index (χ1v) is 6.08. The van der Waals surface area contributed by atoms with E-state index in [1.54, 1.807) is 22.9 Å². The number of rotatable bonds is 2. The Hall–Kier alpha value is -1.00. The Morgan fingerprint density at radius 1 is 1.27 bits per heavy atom. The molecule has 1 aliphatic carbocycles. The quantitative estimate of drug-likeness (QED) is 0.754. The minimum atomic E-state index is 0.509. The lowest BCUT2D eigenvalue weighted by Gasteiger charge is -2.01. The van der Waals surface area contributed by atoms with Crippen molar-refractivity contribution in [3.8, 4) is 11.4 Å². The summed E-state index contributed by atoms with van der Waals surface area (Å²) >= 11 is 7.52. The van der Waals surface area contributed by atoms with Crippen LogP contribution in [0.5, 0.6) is 0 Å². The van der Waals surface area contributed by atoms with E-state index in [0.29, 0.717) is 11.1 Å². The molecule has 2 aromatic heterocycles. The van der Waals surface area contributed by atoms with Crippen LogP contribution in [0, 0.1) is 0 Å². The molecule has 3 rings (SSSR count). The highest BCUT2D eigenvalue weighted by molar-refractivity contribution is 7.07. The first-order chi connectivity index (χ1) is 7.33. The zero-order valence-corrected chi connectivity index (χ0v) is 9.42. The smallest absolute Gasteiger partial charge is 0.133 e. The Morgan fingerprint density at radius 2 is 2.13 bits per heavy atom. The maximum Gasteiger partial charge on any atom is 0.133 e. The van der Waals surface area contributed by atoms with Gasteiger partial charge in [-0.25, -0.2) is 15.0 Å². The molecule has 3 nitrogen and oxygen atoms in total. The summed E-state index contributed by atoms with van der Waals surface area (Å²) in [4.78, 5) is 12.9. The van der Waals surface area contributed by atoms with Gasteiger partial charge in [0, 0.05) is 17.4 Å². The predicted molar refractivity (Wildman–Crippen MR) is 60.1 cm³/mol. The molecular formula is C10H8ClN3S. The van der Waals surface area contributed by atoms with Gasteiger partial charge in [0.05, 0.1) is 16.9 Å². The molecule has 2 aromatic rings. The lowest BCUT2D eigenvalue weighted by atomic mass is 10.3. The van der Waals surface area contributed by atoms with E-state index in [0.717, 1.165) is 17.2 Å². The zero-order chi connectivity index (χ0) is 10.3. The highest BCUT2D eigenvalue weighted by atomic mass is 35.5. The van der Waals surface area contributed by atoms with Crippen molar-refractivity contribution >= 4 is 22.9 Å². The molecule has 0 unspecified atom stereocenters. The van der Waals surface area contributed by atoms with Crippen LogP contribution in [0.25, 0.3) is 11.4 Å². The third kappa shape index (κ3) is 1.87. The van der Waals surface area contributed by atoms with Crippen LogP contribution in [-0.4, -0.2) is 15.0 Å². The normalized spacial score (nSPS) is 15.5. The molecule has 1 aliphatic rings. The summed E-state index contributed by atoms with van der Waals surface area (Å²) in [5.41, 5.74) is 3.51. The van der Waals surface area contributed by atoms with E-state index in [1.807, 2.05) is 5.38 Å². The van der Waals surface area contributed by atoms with Gasteiger partial charge in [0.15, 0.2) is 0 Å². The molecule has 76 valence electrons. The summed E-state index contributed by atoms with van der Waals surface area (Å²) in [7, 11) is 0. The van der Waals surface area contributed by atoms with Gasteiger partial charge in [-0.15, -0.1) is 11.3 Å². The fourth-order valence-electron chi connectivity index (χ4n) is 1.43. The van der Waals surface area contributed by atoms with Crippen molar-refractivity contribution in [1.29, 1.82) is 0 Å². The topological polar surface area (TPSA) is 38.7 Å². The SMILES string of the molecule is Clc1cc(-c2cscn2)nc(C2CC2)n1. The maximum atomic E-state index is 5.96. The highest BCUT2D eigenvalue weighted by Crippen LogP contribution is 2.39. The van der Waals surface area contributed by atoms with Crippen LogP contribution in [0.3, 0.4) is 0 Å². The first kappa shape index (κ1) is 9.24. The second kappa shape index (κ2) is 3.54. The van der Waals surface area contributed by atoms with E-state index in [-0.39, 0.29) is 0 Å². The van der Waals surface area contributed by atoms with E-state index < -0.39 is 0 Å². The third-order valence-corrected chi connectivity index (χ3v) is 3.13. The highest BCUT2D eigenvalue weighted by Gasteiger charge is 2.27. The fraction of sp³-hybridized carbons (Fsp3) is 0.300. The van der Waals surface area contributed by atoms with Crippen LogP contribution >= 0.6 is 22.9 Å². The van der Waals surface area contributed by atoms with Crippen molar-refractivity contribution in [1.82, 2.24) is 15.0 Å². The van der Waals surface area contributed by atoms with Crippen LogP contribution in [0.4, 0.5) is 0 Å². The molecule has 0 amide bonds. The van der Waals surface area contributed by atoms with Gasteiger partial charge < -0.3 is 0 Å². The van der Waals surface area contributed by atoms with E-state index in [1.165, 1.54) is 12.8 Å². The summed E-state index contributed by atoms with van der Waals surface area (Å²) < 4.78 is 0. The zero-order valence-electron chi connectivity index (χ0n) is 7.85. The minimum Gasteiger partial charge on any atom is -0.243 e. The number of thiazole rings is 1. The van der Waals surface area contributed by atoms with Crippen molar-refractivity contribution < 1.29 is 0 Å². The number of nitrogens with zero attached hydrogens (tertiary/aromatic N) is 3. The molecule has 0 radical (unpaired) electrons. The average molecular weight is 238 g/mol. The fourth-order valence-corrected chi connectivity index (χ4v) is 2.17. The van der Waals surface area contributed by atoms with Gasteiger partial charge in [-0.2, -0.15) is 0 Å². The molecule has 0 spiro atoms. The van der Waals surface area contributed by atoms with Crippen molar-refractivity contribution in [2.75, 3.05) is 0 Å². The summed E-state index contributed by atoms with van der Waals surface area (Å²) in [6.45, 7) is 0. The van der Waals surface area contributed by atoms with Crippen LogP contribution < -0.4 is 0 Å². The Kier molecular flexibility index (Phi) is 2.18. The molecular weight excluding hydrogens is 230 g/mol. The molecule has 0 aliphatic heterocycles. The Labute approximate surface area is 96.2 Å². The van der Waals surface area contributed by atoms with Gasteiger partial charge in [-0.1, -0.05) is 11.6 Å². The predicted octanol–water partition coefficient (Wildman–Crippen LogP) is 3.13. The van der Waals surface area contributed by atoms with Gasteiger partial charge in [0.2, 0.25) is 0 Å². The molecule has 2 heterocycles. The molecule has 15 heavy (non-hydrogen) atoms. The van der Waals surface area contributed by atoms with Crippen molar-refractivity contribution in [2.24, 2.45) is 0 Å². The van der Waals surface area contributed by atoms with Crippen LogP contribution in [0.1, 0.15) is 24.6 Å².